The van der Waals surface area contributed by atoms with E-state index in [4.69, 9.17) is 9.47 Å². The van der Waals surface area contributed by atoms with E-state index in [1.54, 1.807) is 0 Å². The summed E-state index contributed by atoms with van der Waals surface area (Å²) in [7, 11) is 0. The van der Waals surface area contributed by atoms with E-state index >= 15 is 0 Å². The van der Waals surface area contributed by atoms with Crippen molar-refractivity contribution in [3.63, 3.8) is 0 Å². The van der Waals surface area contributed by atoms with Crippen LogP contribution < -0.4 is 0 Å². The Labute approximate surface area is 120 Å². The molecule has 106 valence electrons. The van der Waals surface area contributed by atoms with Crippen molar-refractivity contribution in [2.24, 2.45) is 5.92 Å². The second kappa shape index (κ2) is 6.29. The van der Waals surface area contributed by atoms with Gasteiger partial charge in [-0.3, -0.25) is 0 Å². The molecule has 1 aromatic carbocycles. The summed E-state index contributed by atoms with van der Waals surface area (Å²) in [5.74, 6) is 1.14. The largest absolute Gasteiger partial charge is 0.345 e. The molecule has 0 bridgehead atoms. The van der Waals surface area contributed by atoms with Gasteiger partial charge in [0.25, 0.3) is 0 Å². The van der Waals surface area contributed by atoms with E-state index < -0.39 is 5.79 Å². The minimum Gasteiger partial charge on any atom is -0.345 e. The Morgan fingerprint density at radius 1 is 1.11 bits per heavy atom. The summed E-state index contributed by atoms with van der Waals surface area (Å²) in [6.45, 7) is 8.48. The maximum atomic E-state index is 6.04. The zero-order valence-electron chi connectivity index (χ0n) is 12.3. The fraction of sp³-hybridized carbons (Fsp3) is 0.625. The van der Waals surface area contributed by atoms with Gasteiger partial charge in [0.15, 0.2) is 5.79 Å². The van der Waals surface area contributed by atoms with Crippen LogP contribution in [0.2, 0.25) is 0 Å². The van der Waals surface area contributed by atoms with E-state index in [-0.39, 0.29) is 12.2 Å². The van der Waals surface area contributed by atoms with Gasteiger partial charge in [0, 0.05) is 10.6 Å². The van der Waals surface area contributed by atoms with Gasteiger partial charge < -0.3 is 9.47 Å². The second-order valence-electron chi connectivity index (χ2n) is 5.97. The van der Waals surface area contributed by atoms with E-state index in [1.807, 2.05) is 31.7 Å². The van der Waals surface area contributed by atoms with Crippen molar-refractivity contribution in [1.82, 2.24) is 0 Å². The molecule has 2 rings (SSSR count). The molecule has 0 saturated carbocycles. The molecule has 3 heteroatoms. The molecule has 2 atom stereocenters. The van der Waals surface area contributed by atoms with E-state index in [2.05, 4.69) is 38.1 Å². The Kier molecular flexibility index (Phi) is 4.93. The lowest BCUT2D eigenvalue weighted by Gasteiger charge is -2.18. The maximum Gasteiger partial charge on any atom is 0.163 e. The highest BCUT2D eigenvalue weighted by atomic mass is 32.2. The molecule has 1 aliphatic rings. The maximum absolute atomic E-state index is 6.04. The monoisotopic (exact) mass is 280 g/mol. The van der Waals surface area contributed by atoms with Gasteiger partial charge in [-0.05, 0) is 38.3 Å². The van der Waals surface area contributed by atoms with Crippen LogP contribution in [0.5, 0.6) is 0 Å². The van der Waals surface area contributed by atoms with E-state index in [9.17, 15) is 0 Å². The first-order valence-corrected chi connectivity index (χ1v) is 7.98. The molecule has 2 nitrogen and oxygen atoms in total. The molecular formula is C16H24O2S. The smallest absolute Gasteiger partial charge is 0.163 e. The number of hydrogen-bond donors (Lipinski definition) is 0. The zero-order chi connectivity index (χ0) is 13.9. The van der Waals surface area contributed by atoms with Gasteiger partial charge in [-0.15, -0.1) is 11.8 Å². The highest BCUT2D eigenvalue weighted by molar-refractivity contribution is 7.99. The van der Waals surface area contributed by atoms with Gasteiger partial charge in [-0.2, -0.15) is 0 Å². The first-order valence-electron chi connectivity index (χ1n) is 7.00. The van der Waals surface area contributed by atoms with Crippen molar-refractivity contribution in [2.45, 2.75) is 57.0 Å². The summed E-state index contributed by atoms with van der Waals surface area (Å²) < 4.78 is 12.1. The van der Waals surface area contributed by atoms with Gasteiger partial charge in [0.05, 0.1) is 12.2 Å². The van der Waals surface area contributed by atoms with Crippen LogP contribution in [0.3, 0.4) is 0 Å². The second-order valence-corrected chi connectivity index (χ2v) is 7.06. The summed E-state index contributed by atoms with van der Waals surface area (Å²) in [6, 6.07) is 10.5. The van der Waals surface area contributed by atoms with Gasteiger partial charge >= 0.3 is 0 Å². The lowest BCUT2D eigenvalue weighted by Crippen LogP contribution is -2.26. The molecular weight excluding hydrogens is 256 g/mol. The van der Waals surface area contributed by atoms with Crippen molar-refractivity contribution >= 4 is 11.8 Å². The Morgan fingerprint density at radius 2 is 1.74 bits per heavy atom. The molecule has 1 aliphatic heterocycles. The molecule has 0 amide bonds. The molecule has 0 radical (unpaired) electrons. The van der Waals surface area contributed by atoms with Crippen LogP contribution in [-0.4, -0.2) is 23.7 Å². The molecule has 0 unspecified atom stereocenters. The fourth-order valence-electron chi connectivity index (χ4n) is 2.41. The number of thioether (sulfide) groups is 1. The molecule has 0 N–H and O–H groups in total. The van der Waals surface area contributed by atoms with Crippen LogP contribution in [0.4, 0.5) is 0 Å². The summed E-state index contributed by atoms with van der Waals surface area (Å²) in [5.41, 5.74) is 0. The summed E-state index contributed by atoms with van der Waals surface area (Å²) >= 11 is 1.84. The van der Waals surface area contributed by atoms with Crippen LogP contribution in [0.15, 0.2) is 35.2 Å². The topological polar surface area (TPSA) is 18.5 Å². The number of hydrogen-bond acceptors (Lipinski definition) is 3. The van der Waals surface area contributed by atoms with Gasteiger partial charge in [-0.25, -0.2) is 0 Å². The van der Waals surface area contributed by atoms with Crippen LogP contribution in [0.25, 0.3) is 0 Å². The predicted octanol–water partition coefficient (Wildman–Crippen LogP) is 4.34. The van der Waals surface area contributed by atoms with Crippen LogP contribution in [0, 0.1) is 5.92 Å². The summed E-state index contributed by atoms with van der Waals surface area (Å²) in [6.07, 6.45) is 1.46. The van der Waals surface area contributed by atoms with Gasteiger partial charge in [0.2, 0.25) is 0 Å². The van der Waals surface area contributed by atoms with E-state index in [0.717, 1.165) is 12.2 Å². The number of ether oxygens (including phenoxy) is 2. The Balaban J connectivity index is 1.93. The van der Waals surface area contributed by atoms with Crippen LogP contribution in [0.1, 0.15) is 34.1 Å². The van der Waals surface area contributed by atoms with Crippen LogP contribution in [-0.2, 0) is 9.47 Å². The number of rotatable bonds is 5. The molecule has 0 spiro atoms. The average Bonchev–Trinajstić information content (AvgIpc) is 2.61. The molecule has 0 aromatic heterocycles. The normalized spacial score (nSPS) is 25.9. The molecule has 1 heterocycles. The third kappa shape index (κ3) is 4.51. The quantitative estimate of drug-likeness (QED) is 0.747. The Bertz CT molecular complexity index is 389. The fourth-order valence-corrected chi connectivity index (χ4v) is 3.40. The Hall–Kier alpha value is -0.510. The standard InChI is InChI=1S/C16H24O2S/c1-12(2)10-14-15(18-16(3,4)17-14)11-19-13-8-6-5-7-9-13/h5-9,12,14-15H,10-11H2,1-4H3/t14-,15-/m0/s1. The van der Waals surface area contributed by atoms with Crippen molar-refractivity contribution in [3.8, 4) is 0 Å². The number of benzene rings is 1. The highest BCUT2D eigenvalue weighted by Gasteiger charge is 2.41. The average molecular weight is 280 g/mol. The minimum absolute atomic E-state index is 0.183. The van der Waals surface area contributed by atoms with Crippen molar-refractivity contribution in [2.75, 3.05) is 5.75 Å². The minimum atomic E-state index is -0.443. The molecule has 0 aliphatic carbocycles. The SMILES string of the molecule is CC(C)C[C@@H]1OC(C)(C)O[C@H]1CSc1ccccc1. The lowest BCUT2D eigenvalue weighted by atomic mass is 10.0. The predicted molar refractivity (Wildman–Crippen MR) is 80.4 cm³/mol. The molecule has 19 heavy (non-hydrogen) atoms. The summed E-state index contributed by atoms with van der Waals surface area (Å²) in [5, 5.41) is 0. The van der Waals surface area contributed by atoms with E-state index in [0.29, 0.717) is 5.92 Å². The first-order chi connectivity index (χ1) is 8.96. The van der Waals surface area contributed by atoms with Crippen molar-refractivity contribution in [3.05, 3.63) is 30.3 Å². The molecule has 1 aromatic rings. The summed E-state index contributed by atoms with van der Waals surface area (Å²) in [4.78, 5) is 1.29. The molecule has 1 fully saturated rings. The molecule has 1 saturated heterocycles. The Morgan fingerprint density at radius 3 is 2.37 bits per heavy atom. The van der Waals surface area contributed by atoms with Crippen LogP contribution >= 0.6 is 11.8 Å². The van der Waals surface area contributed by atoms with Crippen molar-refractivity contribution < 1.29 is 9.47 Å². The van der Waals surface area contributed by atoms with E-state index in [1.165, 1.54) is 4.90 Å². The third-order valence-corrected chi connectivity index (χ3v) is 4.25. The van der Waals surface area contributed by atoms with Crippen molar-refractivity contribution in [1.29, 1.82) is 0 Å². The lowest BCUT2D eigenvalue weighted by molar-refractivity contribution is -0.145. The zero-order valence-corrected chi connectivity index (χ0v) is 13.1. The van der Waals surface area contributed by atoms with Gasteiger partial charge in [-0.1, -0.05) is 32.0 Å². The highest BCUT2D eigenvalue weighted by Crippen LogP contribution is 2.34. The first kappa shape index (κ1) is 14.9. The van der Waals surface area contributed by atoms with Gasteiger partial charge in [0.1, 0.15) is 0 Å². The third-order valence-electron chi connectivity index (χ3n) is 3.15.